The Kier molecular flexibility index (Phi) is 6.94. The number of fused-ring (bicyclic) bond motifs is 2. The van der Waals surface area contributed by atoms with Crippen molar-refractivity contribution in [3.8, 4) is 0 Å². The smallest absolute Gasteiger partial charge is 0.303 e. The number of carboxylic acid groups (broad SMARTS) is 1. The quantitative estimate of drug-likeness (QED) is 0.432. The topological polar surface area (TPSA) is 83.5 Å². The highest BCUT2D eigenvalue weighted by atomic mass is 32.2. The SMILES string of the molecule is O=C(O)CCCC=CCC1=C(NS(=O)(=O)CCc2ccccc2)[C@H]2CC[C@@H]1C2. The maximum atomic E-state index is 12.6. The van der Waals surface area contributed by atoms with Crippen LogP contribution in [0.5, 0.6) is 0 Å². The van der Waals surface area contributed by atoms with Crippen molar-refractivity contribution in [3.05, 3.63) is 59.3 Å². The molecule has 2 bridgehead atoms. The van der Waals surface area contributed by atoms with Gasteiger partial charge in [0, 0.05) is 18.0 Å². The number of unbranched alkanes of at least 4 members (excludes halogenated alkanes) is 1. The number of allylic oxidation sites excluding steroid dienone is 4. The summed E-state index contributed by atoms with van der Waals surface area (Å²) in [7, 11) is -3.36. The normalized spacial score (nSPS) is 21.6. The Labute approximate surface area is 167 Å². The summed E-state index contributed by atoms with van der Waals surface area (Å²) in [6.45, 7) is 0. The minimum atomic E-state index is -3.36. The highest BCUT2D eigenvalue weighted by molar-refractivity contribution is 7.89. The van der Waals surface area contributed by atoms with E-state index in [9.17, 15) is 13.2 Å². The first-order chi connectivity index (χ1) is 13.4. The molecule has 0 unspecified atom stereocenters. The van der Waals surface area contributed by atoms with Gasteiger partial charge in [0.2, 0.25) is 10.0 Å². The molecule has 0 heterocycles. The van der Waals surface area contributed by atoms with Gasteiger partial charge in [0.25, 0.3) is 0 Å². The number of nitrogens with one attached hydrogen (secondary N) is 1. The minimum absolute atomic E-state index is 0.0935. The first-order valence-corrected chi connectivity index (χ1v) is 11.7. The highest BCUT2D eigenvalue weighted by Crippen LogP contribution is 2.49. The van der Waals surface area contributed by atoms with Crippen LogP contribution in [0.25, 0.3) is 0 Å². The zero-order valence-corrected chi connectivity index (χ0v) is 17.0. The van der Waals surface area contributed by atoms with Crippen LogP contribution >= 0.6 is 0 Å². The number of rotatable bonds is 11. The van der Waals surface area contributed by atoms with Crippen molar-refractivity contribution in [1.29, 1.82) is 0 Å². The Morgan fingerprint density at radius 3 is 2.64 bits per heavy atom. The minimum Gasteiger partial charge on any atom is -0.481 e. The van der Waals surface area contributed by atoms with E-state index < -0.39 is 16.0 Å². The van der Waals surface area contributed by atoms with E-state index in [0.717, 1.165) is 43.4 Å². The molecule has 0 aliphatic heterocycles. The fraction of sp³-hybridized carbons (Fsp3) is 0.500. The summed E-state index contributed by atoms with van der Waals surface area (Å²) >= 11 is 0. The van der Waals surface area contributed by atoms with Crippen LogP contribution in [0.4, 0.5) is 0 Å². The molecule has 0 aromatic heterocycles. The summed E-state index contributed by atoms with van der Waals surface area (Å²) in [5, 5.41) is 8.68. The van der Waals surface area contributed by atoms with Gasteiger partial charge in [0.15, 0.2) is 0 Å². The maximum absolute atomic E-state index is 12.6. The van der Waals surface area contributed by atoms with Crippen molar-refractivity contribution >= 4 is 16.0 Å². The molecule has 1 aromatic rings. The number of hydrogen-bond donors (Lipinski definition) is 2. The summed E-state index contributed by atoms with van der Waals surface area (Å²) in [6, 6.07) is 9.68. The van der Waals surface area contributed by atoms with Crippen LogP contribution < -0.4 is 4.72 Å². The van der Waals surface area contributed by atoms with Gasteiger partial charge >= 0.3 is 5.97 Å². The van der Waals surface area contributed by atoms with Crippen molar-refractivity contribution in [2.75, 3.05) is 5.75 Å². The van der Waals surface area contributed by atoms with Gasteiger partial charge in [-0.25, -0.2) is 8.42 Å². The summed E-state index contributed by atoms with van der Waals surface area (Å²) in [4.78, 5) is 10.6. The molecular weight excluding hydrogens is 374 g/mol. The van der Waals surface area contributed by atoms with Gasteiger partial charge in [-0.2, -0.15) is 0 Å². The molecule has 1 saturated carbocycles. The van der Waals surface area contributed by atoms with Gasteiger partial charge in [-0.3, -0.25) is 9.52 Å². The monoisotopic (exact) mass is 403 g/mol. The Balaban J connectivity index is 1.59. The van der Waals surface area contributed by atoms with Gasteiger partial charge in [0.05, 0.1) is 5.75 Å². The lowest BCUT2D eigenvalue weighted by Crippen LogP contribution is -2.30. The van der Waals surface area contributed by atoms with E-state index in [1.807, 2.05) is 36.4 Å². The van der Waals surface area contributed by atoms with E-state index in [1.54, 1.807) is 0 Å². The van der Waals surface area contributed by atoms with E-state index in [1.165, 1.54) is 5.57 Å². The number of benzene rings is 1. The molecule has 0 saturated heterocycles. The third-order valence-electron chi connectivity index (χ3n) is 5.71. The van der Waals surface area contributed by atoms with E-state index >= 15 is 0 Å². The van der Waals surface area contributed by atoms with Crippen LogP contribution in [0, 0.1) is 11.8 Å². The molecule has 152 valence electrons. The van der Waals surface area contributed by atoms with E-state index in [0.29, 0.717) is 24.7 Å². The van der Waals surface area contributed by atoms with Gasteiger partial charge in [-0.05, 0) is 62.0 Å². The van der Waals surface area contributed by atoms with Crippen molar-refractivity contribution in [1.82, 2.24) is 4.72 Å². The second-order valence-corrected chi connectivity index (χ2v) is 9.61. The largest absolute Gasteiger partial charge is 0.481 e. The second kappa shape index (κ2) is 9.41. The van der Waals surface area contributed by atoms with Gasteiger partial charge in [-0.1, -0.05) is 42.5 Å². The third kappa shape index (κ3) is 5.71. The van der Waals surface area contributed by atoms with Crippen LogP contribution in [-0.2, 0) is 21.2 Å². The molecule has 2 aliphatic carbocycles. The van der Waals surface area contributed by atoms with Gasteiger partial charge in [0.1, 0.15) is 0 Å². The molecule has 6 heteroatoms. The fourth-order valence-corrected chi connectivity index (χ4v) is 5.52. The summed E-state index contributed by atoms with van der Waals surface area (Å²) < 4.78 is 28.2. The maximum Gasteiger partial charge on any atom is 0.303 e. The predicted octanol–water partition coefficient (Wildman–Crippen LogP) is 4.03. The van der Waals surface area contributed by atoms with Crippen LogP contribution in [0.2, 0.25) is 0 Å². The van der Waals surface area contributed by atoms with Crippen LogP contribution in [0.3, 0.4) is 0 Å². The van der Waals surface area contributed by atoms with Crippen molar-refractivity contribution in [3.63, 3.8) is 0 Å². The highest BCUT2D eigenvalue weighted by Gasteiger charge is 2.39. The Bertz CT molecular complexity index is 843. The number of aliphatic carboxylic acids is 1. The van der Waals surface area contributed by atoms with Gasteiger partial charge in [-0.15, -0.1) is 0 Å². The fourth-order valence-electron chi connectivity index (χ4n) is 4.28. The molecule has 0 radical (unpaired) electrons. The summed E-state index contributed by atoms with van der Waals surface area (Å²) in [6.07, 6.45) is 10.2. The Morgan fingerprint density at radius 1 is 1.14 bits per heavy atom. The molecule has 5 nitrogen and oxygen atoms in total. The lowest BCUT2D eigenvalue weighted by molar-refractivity contribution is -0.137. The molecule has 2 N–H and O–H groups in total. The summed E-state index contributed by atoms with van der Waals surface area (Å²) in [5.41, 5.74) is 3.19. The molecule has 28 heavy (non-hydrogen) atoms. The van der Waals surface area contributed by atoms with Crippen molar-refractivity contribution < 1.29 is 18.3 Å². The Hall–Kier alpha value is -2.08. The standard InChI is InChI=1S/C22H29NO4S/c24-21(25)11-7-2-1-6-10-20-18-12-13-19(16-18)22(20)23-28(26,27)15-14-17-8-4-3-5-9-17/h1,3-6,8-9,18-19,23H,2,7,10-16H2,(H,24,25)/t18-,19+/m1/s1. The number of hydrogen-bond acceptors (Lipinski definition) is 3. The number of carboxylic acids is 1. The molecule has 3 rings (SSSR count). The number of carbonyl (C=O) groups is 1. The van der Waals surface area contributed by atoms with E-state index in [4.69, 9.17) is 5.11 Å². The molecule has 1 fully saturated rings. The third-order valence-corrected chi connectivity index (χ3v) is 6.99. The average molecular weight is 404 g/mol. The lowest BCUT2D eigenvalue weighted by atomic mass is 9.93. The zero-order valence-electron chi connectivity index (χ0n) is 16.1. The van der Waals surface area contributed by atoms with E-state index in [2.05, 4.69) is 10.8 Å². The second-order valence-electron chi connectivity index (χ2n) is 7.76. The molecule has 1 aromatic carbocycles. The zero-order chi connectivity index (χ0) is 20.0. The molecule has 2 aliphatic rings. The van der Waals surface area contributed by atoms with Gasteiger partial charge < -0.3 is 5.11 Å². The molecule has 0 amide bonds. The summed E-state index contributed by atoms with van der Waals surface area (Å²) in [5.74, 6) is 0.153. The first kappa shape index (κ1) is 20.6. The van der Waals surface area contributed by atoms with Crippen molar-refractivity contribution in [2.24, 2.45) is 11.8 Å². The van der Waals surface area contributed by atoms with Crippen LogP contribution in [-0.4, -0.2) is 25.2 Å². The molecule has 2 atom stereocenters. The Morgan fingerprint density at radius 2 is 1.89 bits per heavy atom. The molecule has 0 spiro atoms. The first-order valence-electron chi connectivity index (χ1n) is 10.1. The van der Waals surface area contributed by atoms with Crippen LogP contribution in [0.1, 0.15) is 50.5 Å². The lowest BCUT2D eigenvalue weighted by Gasteiger charge is -2.21. The van der Waals surface area contributed by atoms with Crippen LogP contribution in [0.15, 0.2) is 53.8 Å². The average Bonchev–Trinajstić information content (AvgIpc) is 3.26. The van der Waals surface area contributed by atoms with Crippen molar-refractivity contribution in [2.45, 2.75) is 51.4 Å². The predicted molar refractivity (Wildman–Crippen MR) is 110 cm³/mol. The van der Waals surface area contributed by atoms with E-state index in [-0.39, 0.29) is 12.2 Å². The molecular formula is C22H29NO4S. The number of sulfonamides is 1. The number of aryl methyl sites for hydroxylation is 1.